The molecule has 0 radical (unpaired) electrons. The third-order valence-corrected chi connectivity index (χ3v) is 18.1. The average molecular weight is 1160 g/mol. The van der Waals surface area contributed by atoms with E-state index in [-0.39, 0.29) is 18.5 Å². The van der Waals surface area contributed by atoms with Crippen molar-refractivity contribution >= 4 is 11.9 Å². The molecule has 2 unspecified atom stereocenters. The molecule has 0 aliphatic rings. The Morgan fingerprint density at radius 3 is 0.866 bits per heavy atom. The Bertz CT molecular complexity index is 1240. The van der Waals surface area contributed by atoms with E-state index < -0.39 is 12.1 Å². The molecule has 0 spiro atoms. The maximum atomic E-state index is 12.5. The van der Waals surface area contributed by atoms with Crippen molar-refractivity contribution < 1.29 is 24.5 Å². The molecule has 1 amide bonds. The van der Waals surface area contributed by atoms with Crippen molar-refractivity contribution in [3.8, 4) is 0 Å². The van der Waals surface area contributed by atoms with Crippen LogP contribution in [0.3, 0.4) is 0 Å². The molecule has 0 fully saturated rings. The number of hydrogen-bond donors (Lipinski definition) is 3. The van der Waals surface area contributed by atoms with Crippen molar-refractivity contribution in [1.29, 1.82) is 0 Å². The Morgan fingerprint density at radius 2 is 0.573 bits per heavy atom. The minimum atomic E-state index is -0.663. The largest absolute Gasteiger partial charge is 0.466 e. The van der Waals surface area contributed by atoms with Crippen LogP contribution in [-0.4, -0.2) is 47.4 Å². The van der Waals surface area contributed by atoms with Gasteiger partial charge < -0.3 is 20.3 Å². The summed E-state index contributed by atoms with van der Waals surface area (Å²) in [5, 5.41) is 23.4. The first-order valence-electron chi connectivity index (χ1n) is 37.9. The van der Waals surface area contributed by atoms with E-state index in [1.165, 1.54) is 366 Å². The van der Waals surface area contributed by atoms with Crippen LogP contribution in [0.1, 0.15) is 438 Å². The zero-order valence-corrected chi connectivity index (χ0v) is 56.0. The van der Waals surface area contributed by atoms with E-state index in [2.05, 4.69) is 31.3 Å². The van der Waals surface area contributed by atoms with Crippen LogP contribution >= 0.6 is 0 Å². The van der Waals surface area contributed by atoms with E-state index >= 15 is 0 Å². The van der Waals surface area contributed by atoms with Crippen LogP contribution in [0.4, 0.5) is 0 Å². The van der Waals surface area contributed by atoms with Gasteiger partial charge >= 0.3 is 5.97 Å². The third-order valence-electron chi connectivity index (χ3n) is 18.1. The Balaban J connectivity index is 3.34. The van der Waals surface area contributed by atoms with E-state index in [0.29, 0.717) is 25.9 Å². The Labute approximate surface area is 514 Å². The predicted molar refractivity (Wildman–Crippen MR) is 361 cm³/mol. The van der Waals surface area contributed by atoms with Gasteiger partial charge in [-0.2, -0.15) is 0 Å². The molecule has 6 nitrogen and oxygen atoms in total. The fraction of sp³-hybridized carbons (Fsp3) is 0.947. The standard InChI is InChI=1S/C76H149NO5/c1-3-5-7-9-11-13-15-17-19-21-37-40-44-48-52-56-60-64-68-74(79)73(72-78)77-75(80)69-65-61-57-53-49-45-41-38-34-32-30-28-26-24-22-23-25-27-29-31-33-35-39-43-47-51-55-59-63-67-71-82-76(81)70-66-62-58-54-50-46-42-36-20-18-16-14-12-10-8-6-4-2/h23,25,73-74,78-79H,3-22,24,26-72H2,1-2H3,(H,77,80)/b25-23-. The summed E-state index contributed by atoms with van der Waals surface area (Å²) >= 11 is 0. The molecule has 0 aliphatic carbocycles. The van der Waals surface area contributed by atoms with Gasteiger partial charge in [0.2, 0.25) is 5.91 Å². The maximum absolute atomic E-state index is 12.5. The van der Waals surface area contributed by atoms with Gasteiger partial charge in [0.25, 0.3) is 0 Å². The van der Waals surface area contributed by atoms with E-state index in [4.69, 9.17) is 4.74 Å². The van der Waals surface area contributed by atoms with Crippen molar-refractivity contribution in [3.63, 3.8) is 0 Å². The smallest absolute Gasteiger partial charge is 0.305 e. The van der Waals surface area contributed by atoms with Gasteiger partial charge in [0.05, 0.1) is 25.4 Å². The Morgan fingerprint density at radius 1 is 0.329 bits per heavy atom. The normalized spacial score (nSPS) is 12.5. The van der Waals surface area contributed by atoms with Gasteiger partial charge in [-0.25, -0.2) is 0 Å². The molecule has 0 aromatic rings. The van der Waals surface area contributed by atoms with Crippen LogP contribution in [0.5, 0.6) is 0 Å². The van der Waals surface area contributed by atoms with Crippen molar-refractivity contribution in [2.75, 3.05) is 13.2 Å². The molecule has 82 heavy (non-hydrogen) atoms. The summed E-state index contributed by atoms with van der Waals surface area (Å²) in [7, 11) is 0. The second-order valence-corrected chi connectivity index (χ2v) is 26.3. The topological polar surface area (TPSA) is 95.9 Å². The highest BCUT2D eigenvalue weighted by atomic mass is 16.5. The summed E-state index contributed by atoms with van der Waals surface area (Å²) in [6, 6.07) is -0.540. The number of hydrogen-bond acceptors (Lipinski definition) is 5. The third kappa shape index (κ3) is 67.7. The fourth-order valence-corrected chi connectivity index (χ4v) is 12.3. The molecule has 488 valence electrons. The van der Waals surface area contributed by atoms with E-state index in [0.717, 1.165) is 38.5 Å². The monoisotopic (exact) mass is 1160 g/mol. The number of ether oxygens (including phenoxy) is 1. The lowest BCUT2D eigenvalue weighted by atomic mass is 10.0. The predicted octanol–water partition coefficient (Wildman–Crippen LogP) is 24.7. The van der Waals surface area contributed by atoms with Crippen molar-refractivity contribution in [1.82, 2.24) is 5.32 Å². The lowest BCUT2D eigenvalue weighted by molar-refractivity contribution is -0.143. The quantitative estimate of drug-likeness (QED) is 0.0320. The molecule has 0 rings (SSSR count). The van der Waals surface area contributed by atoms with Crippen molar-refractivity contribution in [3.05, 3.63) is 12.2 Å². The molecule has 6 heteroatoms. The molecule has 2 atom stereocenters. The molecule has 0 saturated carbocycles. The van der Waals surface area contributed by atoms with E-state index in [1.54, 1.807) is 0 Å². The zero-order valence-electron chi connectivity index (χ0n) is 56.0. The molecular formula is C76H149NO5. The van der Waals surface area contributed by atoms with Crippen molar-refractivity contribution in [2.24, 2.45) is 0 Å². The summed E-state index contributed by atoms with van der Waals surface area (Å²) in [5.41, 5.74) is 0. The van der Waals surface area contributed by atoms with Gasteiger partial charge in [-0.3, -0.25) is 9.59 Å². The number of nitrogens with one attached hydrogen (secondary N) is 1. The Hall–Kier alpha value is -1.40. The van der Waals surface area contributed by atoms with Crippen LogP contribution in [0.25, 0.3) is 0 Å². The van der Waals surface area contributed by atoms with Crippen LogP contribution in [0.2, 0.25) is 0 Å². The number of aliphatic hydroxyl groups excluding tert-OH is 2. The van der Waals surface area contributed by atoms with Crippen LogP contribution < -0.4 is 5.32 Å². The zero-order chi connectivity index (χ0) is 59.2. The first-order valence-corrected chi connectivity index (χ1v) is 37.9. The highest BCUT2D eigenvalue weighted by Crippen LogP contribution is 2.20. The van der Waals surface area contributed by atoms with Gasteiger partial charge in [0.15, 0.2) is 0 Å². The fourth-order valence-electron chi connectivity index (χ4n) is 12.3. The maximum Gasteiger partial charge on any atom is 0.305 e. The van der Waals surface area contributed by atoms with Gasteiger partial charge in [0, 0.05) is 12.8 Å². The van der Waals surface area contributed by atoms with Crippen LogP contribution in [0.15, 0.2) is 12.2 Å². The van der Waals surface area contributed by atoms with Gasteiger partial charge in [0.1, 0.15) is 0 Å². The molecule has 0 bridgehead atoms. The highest BCUT2D eigenvalue weighted by Gasteiger charge is 2.20. The second-order valence-electron chi connectivity index (χ2n) is 26.3. The number of carbonyl (C=O) groups is 2. The molecule has 0 aromatic heterocycles. The SMILES string of the molecule is CCCCCCCCCCCCCCCCCCCCC(O)C(CO)NC(=O)CCCCCCCCCCCCCCCC/C=C\CCCCCCCCCCCCCCOC(=O)CCCCCCCCCCCCCCCCCCC. The lowest BCUT2D eigenvalue weighted by Gasteiger charge is -2.22. The summed E-state index contributed by atoms with van der Waals surface area (Å²) in [6.07, 6.45) is 90.0. The summed E-state index contributed by atoms with van der Waals surface area (Å²) < 4.78 is 5.51. The highest BCUT2D eigenvalue weighted by molar-refractivity contribution is 5.76. The number of allylic oxidation sites excluding steroid dienone is 2. The number of carbonyl (C=O) groups excluding carboxylic acids is 2. The number of rotatable bonds is 72. The summed E-state index contributed by atoms with van der Waals surface area (Å²) in [5.74, 6) is -0.00652. The molecular weight excluding hydrogens is 1010 g/mol. The van der Waals surface area contributed by atoms with Gasteiger partial charge in [-0.05, 0) is 51.4 Å². The van der Waals surface area contributed by atoms with Gasteiger partial charge in [-0.1, -0.05) is 386 Å². The lowest BCUT2D eigenvalue weighted by Crippen LogP contribution is -2.45. The Kier molecular flexibility index (Phi) is 70.8. The van der Waals surface area contributed by atoms with Crippen LogP contribution in [0, 0.1) is 0 Å². The molecule has 0 aliphatic heterocycles. The summed E-state index contributed by atoms with van der Waals surface area (Å²) in [6.45, 7) is 5.01. The van der Waals surface area contributed by atoms with Crippen molar-refractivity contribution in [2.45, 2.75) is 450 Å². The summed E-state index contributed by atoms with van der Waals surface area (Å²) in [4.78, 5) is 24.6. The first kappa shape index (κ1) is 80.6. The van der Waals surface area contributed by atoms with E-state index in [1.807, 2.05) is 0 Å². The van der Waals surface area contributed by atoms with E-state index in [9.17, 15) is 19.8 Å². The molecule has 0 heterocycles. The molecule has 0 saturated heterocycles. The van der Waals surface area contributed by atoms with Crippen LogP contribution in [-0.2, 0) is 14.3 Å². The number of amides is 1. The second kappa shape index (κ2) is 72.1. The number of aliphatic hydroxyl groups is 2. The minimum absolute atomic E-state index is 0.0223. The van der Waals surface area contributed by atoms with Gasteiger partial charge in [-0.15, -0.1) is 0 Å². The first-order chi connectivity index (χ1) is 40.5. The minimum Gasteiger partial charge on any atom is -0.466 e. The molecule has 0 aromatic carbocycles. The number of esters is 1. The number of unbranched alkanes of at least 4 members (excludes halogenated alkanes) is 59. The molecule has 3 N–H and O–H groups in total. The average Bonchev–Trinajstić information content (AvgIpc) is 3.48.